The highest BCUT2D eigenvalue weighted by Gasteiger charge is 2.30. The van der Waals surface area contributed by atoms with Crippen LogP contribution in [0.5, 0.6) is 0 Å². The number of aliphatic hydroxyl groups excluding tert-OH is 1. The third-order valence-electron chi connectivity index (χ3n) is 2.69. The van der Waals surface area contributed by atoms with Crippen molar-refractivity contribution in [2.24, 2.45) is 0 Å². The molecule has 1 unspecified atom stereocenters. The number of esters is 1. The van der Waals surface area contributed by atoms with Gasteiger partial charge in [-0.15, -0.1) is 0 Å². The highest BCUT2D eigenvalue weighted by molar-refractivity contribution is 5.75. The predicted octanol–water partition coefficient (Wildman–Crippen LogP) is 0.396. The van der Waals surface area contributed by atoms with Crippen LogP contribution in [-0.4, -0.2) is 48.8 Å². The fourth-order valence-corrected chi connectivity index (χ4v) is 1.92. The molecule has 0 aromatic rings. The van der Waals surface area contributed by atoms with Gasteiger partial charge < -0.3 is 9.84 Å². The van der Waals surface area contributed by atoms with Crippen LogP contribution in [0.15, 0.2) is 0 Å². The molecule has 1 heterocycles. The predicted molar refractivity (Wildman–Crippen MR) is 52.9 cm³/mol. The molecule has 1 N–H and O–H groups in total. The van der Waals surface area contributed by atoms with Crippen molar-refractivity contribution < 1.29 is 14.6 Å². The van der Waals surface area contributed by atoms with Crippen molar-refractivity contribution in [2.75, 3.05) is 26.8 Å². The Labute approximate surface area is 84.8 Å². The van der Waals surface area contributed by atoms with Crippen LogP contribution in [0.4, 0.5) is 0 Å². The molecule has 82 valence electrons. The van der Waals surface area contributed by atoms with E-state index in [1.165, 1.54) is 7.11 Å². The van der Waals surface area contributed by atoms with Gasteiger partial charge in [0.15, 0.2) is 0 Å². The third-order valence-corrected chi connectivity index (χ3v) is 2.69. The number of carbonyl (C=O) groups is 1. The summed E-state index contributed by atoms with van der Waals surface area (Å²) in [7, 11) is 1.44. The standard InChI is InChI=1S/C10H19NO3/c1-14-10(13)9-5-4-7-11(9)6-2-3-8-12/h9,12H,2-8H2,1H3. The van der Waals surface area contributed by atoms with Gasteiger partial charge in [-0.1, -0.05) is 0 Å². The fraction of sp³-hybridized carbons (Fsp3) is 0.900. The van der Waals surface area contributed by atoms with Gasteiger partial charge in [-0.2, -0.15) is 0 Å². The van der Waals surface area contributed by atoms with Crippen molar-refractivity contribution in [1.82, 2.24) is 4.90 Å². The van der Waals surface area contributed by atoms with Crippen LogP contribution >= 0.6 is 0 Å². The van der Waals surface area contributed by atoms with Gasteiger partial charge in [0.2, 0.25) is 0 Å². The second-order valence-corrected chi connectivity index (χ2v) is 3.65. The van der Waals surface area contributed by atoms with Gasteiger partial charge in [0.05, 0.1) is 7.11 Å². The molecule has 1 saturated heterocycles. The number of aliphatic hydroxyl groups is 1. The van der Waals surface area contributed by atoms with Crippen molar-refractivity contribution in [3.63, 3.8) is 0 Å². The Bertz CT molecular complexity index is 184. The van der Waals surface area contributed by atoms with Crippen LogP contribution in [0.2, 0.25) is 0 Å². The van der Waals surface area contributed by atoms with Crippen molar-refractivity contribution in [3.05, 3.63) is 0 Å². The summed E-state index contributed by atoms with van der Waals surface area (Å²) in [6, 6.07) is -0.0429. The molecule has 14 heavy (non-hydrogen) atoms. The molecule has 1 fully saturated rings. The average molecular weight is 201 g/mol. The van der Waals surface area contributed by atoms with Gasteiger partial charge in [0.25, 0.3) is 0 Å². The van der Waals surface area contributed by atoms with Crippen molar-refractivity contribution in [1.29, 1.82) is 0 Å². The Hall–Kier alpha value is -0.610. The molecule has 1 aliphatic heterocycles. The summed E-state index contributed by atoms with van der Waals surface area (Å²) in [6.45, 7) is 2.10. The van der Waals surface area contributed by atoms with Crippen LogP contribution in [0.1, 0.15) is 25.7 Å². The molecule has 1 rings (SSSR count). The van der Waals surface area contributed by atoms with Crippen molar-refractivity contribution in [3.8, 4) is 0 Å². The van der Waals surface area contributed by atoms with Crippen LogP contribution in [0.3, 0.4) is 0 Å². The van der Waals surface area contributed by atoms with Gasteiger partial charge in [0, 0.05) is 6.61 Å². The maximum absolute atomic E-state index is 11.3. The summed E-state index contributed by atoms with van der Waals surface area (Å²) in [4.78, 5) is 13.5. The maximum atomic E-state index is 11.3. The number of hydrogen-bond donors (Lipinski definition) is 1. The lowest BCUT2D eigenvalue weighted by Gasteiger charge is -2.21. The quantitative estimate of drug-likeness (QED) is 0.516. The Kier molecular flexibility index (Phi) is 4.90. The molecule has 1 atom stereocenters. The molecule has 0 saturated carbocycles. The molecule has 0 aromatic carbocycles. The average Bonchev–Trinajstić information content (AvgIpc) is 2.65. The summed E-state index contributed by atoms with van der Waals surface area (Å²) in [6.07, 6.45) is 3.74. The van der Waals surface area contributed by atoms with Gasteiger partial charge in [-0.3, -0.25) is 9.69 Å². The van der Waals surface area contributed by atoms with E-state index in [2.05, 4.69) is 4.90 Å². The molecule has 0 aromatic heterocycles. The molecule has 0 bridgehead atoms. The minimum atomic E-state index is -0.119. The monoisotopic (exact) mass is 201 g/mol. The van der Waals surface area contributed by atoms with Crippen LogP contribution in [0.25, 0.3) is 0 Å². The lowest BCUT2D eigenvalue weighted by molar-refractivity contribution is -0.145. The summed E-state index contributed by atoms with van der Waals surface area (Å²) < 4.78 is 4.74. The normalized spacial score (nSPS) is 22.6. The number of rotatable bonds is 5. The second-order valence-electron chi connectivity index (χ2n) is 3.65. The summed E-state index contributed by atoms with van der Waals surface area (Å²) >= 11 is 0. The van der Waals surface area contributed by atoms with Crippen LogP contribution in [-0.2, 0) is 9.53 Å². The topological polar surface area (TPSA) is 49.8 Å². The van der Waals surface area contributed by atoms with E-state index in [1.807, 2.05) is 0 Å². The number of ether oxygens (including phenoxy) is 1. The Balaban J connectivity index is 2.31. The lowest BCUT2D eigenvalue weighted by atomic mass is 10.2. The minimum Gasteiger partial charge on any atom is -0.468 e. The zero-order valence-corrected chi connectivity index (χ0v) is 8.74. The number of unbranched alkanes of at least 4 members (excludes halogenated alkanes) is 1. The Morgan fingerprint density at radius 3 is 3.00 bits per heavy atom. The van der Waals surface area contributed by atoms with Crippen molar-refractivity contribution in [2.45, 2.75) is 31.7 Å². The largest absolute Gasteiger partial charge is 0.468 e. The molecule has 0 radical (unpaired) electrons. The zero-order valence-electron chi connectivity index (χ0n) is 8.74. The first-order valence-corrected chi connectivity index (χ1v) is 5.22. The summed E-state index contributed by atoms with van der Waals surface area (Å²) in [5, 5.41) is 8.65. The SMILES string of the molecule is COC(=O)C1CCCN1CCCCO. The smallest absolute Gasteiger partial charge is 0.323 e. The Morgan fingerprint density at radius 1 is 1.57 bits per heavy atom. The molecule has 0 spiro atoms. The highest BCUT2D eigenvalue weighted by Crippen LogP contribution is 2.18. The number of hydrogen-bond acceptors (Lipinski definition) is 4. The van der Waals surface area contributed by atoms with E-state index in [0.29, 0.717) is 0 Å². The van der Waals surface area contributed by atoms with Gasteiger partial charge >= 0.3 is 5.97 Å². The molecule has 0 aliphatic carbocycles. The second kappa shape index (κ2) is 5.98. The number of carbonyl (C=O) groups excluding carboxylic acids is 1. The first-order valence-electron chi connectivity index (χ1n) is 5.22. The van der Waals surface area contributed by atoms with E-state index in [-0.39, 0.29) is 18.6 Å². The van der Waals surface area contributed by atoms with E-state index in [0.717, 1.165) is 38.8 Å². The lowest BCUT2D eigenvalue weighted by Crippen LogP contribution is -2.37. The highest BCUT2D eigenvalue weighted by atomic mass is 16.5. The zero-order chi connectivity index (χ0) is 10.4. The first-order chi connectivity index (χ1) is 6.79. The molecular formula is C10H19NO3. The molecule has 0 amide bonds. The third kappa shape index (κ3) is 2.96. The minimum absolute atomic E-state index is 0.0429. The van der Waals surface area contributed by atoms with E-state index < -0.39 is 0 Å². The number of methoxy groups -OCH3 is 1. The van der Waals surface area contributed by atoms with Crippen molar-refractivity contribution >= 4 is 5.97 Å². The van der Waals surface area contributed by atoms with E-state index in [4.69, 9.17) is 9.84 Å². The molecular weight excluding hydrogens is 182 g/mol. The van der Waals surface area contributed by atoms with Gasteiger partial charge in [-0.25, -0.2) is 0 Å². The molecule has 4 heteroatoms. The van der Waals surface area contributed by atoms with Crippen LogP contribution in [0, 0.1) is 0 Å². The summed E-state index contributed by atoms with van der Waals surface area (Å²) in [5.41, 5.74) is 0. The Morgan fingerprint density at radius 2 is 2.36 bits per heavy atom. The maximum Gasteiger partial charge on any atom is 0.323 e. The van der Waals surface area contributed by atoms with Crippen LogP contribution < -0.4 is 0 Å². The van der Waals surface area contributed by atoms with E-state index in [9.17, 15) is 4.79 Å². The van der Waals surface area contributed by atoms with Gasteiger partial charge in [0.1, 0.15) is 6.04 Å². The molecule has 1 aliphatic rings. The molecule has 4 nitrogen and oxygen atoms in total. The van der Waals surface area contributed by atoms with E-state index in [1.54, 1.807) is 0 Å². The summed E-state index contributed by atoms with van der Waals surface area (Å²) in [5.74, 6) is -0.119. The first kappa shape index (κ1) is 11.5. The van der Waals surface area contributed by atoms with Gasteiger partial charge in [-0.05, 0) is 38.8 Å². The van der Waals surface area contributed by atoms with E-state index >= 15 is 0 Å². The fourth-order valence-electron chi connectivity index (χ4n) is 1.92. The number of likely N-dealkylation sites (tertiary alicyclic amines) is 1. The number of nitrogens with zero attached hydrogens (tertiary/aromatic N) is 1.